The number of anilines is 1. The van der Waals surface area contributed by atoms with E-state index in [0.29, 0.717) is 10.6 Å². The second kappa shape index (κ2) is 9.77. The second-order valence-corrected chi connectivity index (χ2v) is 8.41. The number of phenols is 1. The van der Waals surface area contributed by atoms with Gasteiger partial charge in [0.15, 0.2) is 0 Å². The first-order valence-electron chi connectivity index (χ1n) is 9.80. The zero-order chi connectivity index (χ0) is 24.4. The fraction of sp³-hybridized carbons (Fsp3) is 0.0417. The minimum Gasteiger partial charge on any atom is -0.508 e. The van der Waals surface area contributed by atoms with E-state index in [-0.39, 0.29) is 45.0 Å². The van der Waals surface area contributed by atoms with Crippen LogP contribution < -0.4 is 15.0 Å². The Morgan fingerprint density at radius 3 is 2.35 bits per heavy atom. The van der Waals surface area contributed by atoms with Gasteiger partial charge in [0.2, 0.25) is 0 Å². The summed E-state index contributed by atoms with van der Waals surface area (Å²) in [5.41, 5.74) is 0.777. The Bertz CT molecular complexity index is 1340. The standard InChI is InChI=1S/C24H15Cl3N2O5/c25-15-9-14(21(20(27)11-15)34-12-13-3-1-2-4-19(13)26)10-18-22(31)28-24(33)29(23(18)32)16-5-7-17(30)8-6-16/h1-11,30H,12H2,(H,28,31,33)/b18-10+. The van der Waals surface area contributed by atoms with Crippen molar-refractivity contribution >= 4 is 64.4 Å². The van der Waals surface area contributed by atoms with Crippen molar-refractivity contribution < 1.29 is 24.2 Å². The highest BCUT2D eigenvalue weighted by molar-refractivity contribution is 6.40. The number of phenolic OH excluding ortho intramolecular Hbond substituents is 1. The molecule has 0 unspecified atom stereocenters. The van der Waals surface area contributed by atoms with Crippen LogP contribution in [0.3, 0.4) is 0 Å². The van der Waals surface area contributed by atoms with Crippen LogP contribution in [-0.4, -0.2) is 23.0 Å². The van der Waals surface area contributed by atoms with E-state index in [0.717, 1.165) is 4.90 Å². The van der Waals surface area contributed by atoms with Gasteiger partial charge in [-0.25, -0.2) is 9.69 Å². The molecule has 0 aromatic heterocycles. The lowest BCUT2D eigenvalue weighted by atomic mass is 10.1. The Morgan fingerprint density at radius 2 is 1.65 bits per heavy atom. The van der Waals surface area contributed by atoms with Crippen LogP contribution in [0.25, 0.3) is 6.08 Å². The van der Waals surface area contributed by atoms with Gasteiger partial charge in [0.1, 0.15) is 23.7 Å². The Kier molecular flexibility index (Phi) is 6.79. The quantitative estimate of drug-likeness (QED) is 0.339. The van der Waals surface area contributed by atoms with Crippen molar-refractivity contribution in [1.82, 2.24) is 5.32 Å². The number of urea groups is 1. The average Bonchev–Trinajstić information content (AvgIpc) is 2.78. The molecule has 0 saturated carbocycles. The van der Waals surface area contributed by atoms with Crippen LogP contribution in [-0.2, 0) is 16.2 Å². The Balaban J connectivity index is 1.72. The van der Waals surface area contributed by atoms with E-state index in [9.17, 15) is 19.5 Å². The van der Waals surface area contributed by atoms with Crippen LogP contribution in [0.5, 0.6) is 11.5 Å². The Morgan fingerprint density at radius 1 is 0.941 bits per heavy atom. The molecule has 2 N–H and O–H groups in total. The minimum atomic E-state index is -0.919. The maximum absolute atomic E-state index is 13.1. The maximum Gasteiger partial charge on any atom is 0.335 e. The molecule has 1 aliphatic rings. The summed E-state index contributed by atoms with van der Waals surface area (Å²) in [5, 5.41) is 12.5. The van der Waals surface area contributed by atoms with Crippen LogP contribution in [0.15, 0.2) is 66.2 Å². The van der Waals surface area contributed by atoms with Gasteiger partial charge in [0.05, 0.1) is 10.7 Å². The third-order valence-electron chi connectivity index (χ3n) is 4.88. The van der Waals surface area contributed by atoms with Crippen LogP contribution in [0, 0.1) is 0 Å². The van der Waals surface area contributed by atoms with Crippen molar-refractivity contribution in [3.05, 3.63) is 92.4 Å². The van der Waals surface area contributed by atoms with Crippen molar-refractivity contribution in [2.24, 2.45) is 0 Å². The first kappa shape index (κ1) is 23.6. The van der Waals surface area contributed by atoms with Gasteiger partial charge in [-0.1, -0.05) is 53.0 Å². The van der Waals surface area contributed by atoms with E-state index in [1.807, 2.05) is 0 Å². The number of benzene rings is 3. The van der Waals surface area contributed by atoms with E-state index in [2.05, 4.69) is 5.32 Å². The molecular weight excluding hydrogens is 503 g/mol. The molecule has 0 bridgehead atoms. The number of aromatic hydroxyl groups is 1. The van der Waals surface area contributed by atoms with Crippen molar-refractivity contribution in [2.45, 2.75) is 6.61 Å². The van der Waals surface area contributed by atoms with Gasteiger partial charge in [-0.2, -0.15) is 0 Å². The van der Waals surface area contributed by atoms with Crippen LogP contribution in [0.1, 0.15) is 11.1 Å². The number of carbonyl (C=O) groups excluding carboxylic acids is 3. The maximum atomic E-state index is 13.1. The fourth-order valence-corrected chi connectivity index (χ4v) is 4.01. The van der Waals surface area contributed by atoms with Gasteiger partial charge in [-0.05, 0) is 48.5 Å². The first-order valence-corrected chi connectivity index (χ1v) is 10.9. The van der Waals surface area contributed by atoms with Crippen LogP contribution in [0.2, 0.25) is 15.1 Å². The Hall–Kier alpha value is -3.52. The number of halogens is 3. The lowest BCUT2D eigenvalue weighted by Gasteiger charge is -2.26. The number of barbiturate groups is 1. The average molecular weight is 518 g/mol. The van der Waals surface area contributed by atoms with Gasteiger partial charge in [0.25, 0.3) is 11.8 Å². The number of amides is 4. The first-order chi connectivity index (χ1) is 16.2. The van der Waals surface area contributed by atoms with E-state index < -0.39 is 17.8 Å². The molecule has 4 amide bonds. The van der Waals surface area contributed by atoms with E-state index >= 15 is 0 Å². The highest BCUT2D eigenvalue weighted by atomic mass is 35.5. The van der Waals surface area contributed by atoms with Gasteiger partial charge in [0, 0.05) is 21.2 Å². The predicted octanol–water partition coefficient (Wildman–Crippen LogP) is 5.60. The fourth-order valence-electron chi connectivity index (χ4n) is 3.25. The topological polar surface area (TPSA) is 95.9 Å². The van der Waals surface area contributed by atoms with Gasteiger partial charge in [-0.15, -0.1) is 0 Å². The summed E-state index contributed by atoms with van der Waals surface area (Å²) in [6.45, 7) is 0.0649. The van der Waals surface area contributed by atoms with Crippen molar-refractivity contribution in [3.8, 4) is 11.5 Å². The summed E-state index contributed by atoms with van der Waals surface area (Å²) in [5.74, 6) is -1.63. The third-order valence-corrected chi connectivity index (χ3v) is 5.74. The summed E-state index contributed by atoms with van der Waals surface area (Å²) in [6.07, 6.45) is 1.25. The number of hydrogen-bond acceptors (Lipinski definition) is 5. The van der Waals surface area contributed by atoms with Crippen molar-refractivity contribution in [2.75, 3.05) is 4.90 Å². The van der Waals surface area contributed by atoms with Gasteiger partial charge >= 0.3 is 6.03 Å². The normalized spacial score (nSPS) is 15.0. The third kappa shape index (κ3) is 4.87. The van der Waals surface area contributed by atoms with E-state index in [4.69, 9.17) is 39.5 Å². The predicted molar refractivity (Wildman–Crippen MR) is 129 cm³/mol. The molecule has 3 aromatic carbocycles. The molecular formula is C24H15Cl3N2O5. The number of ether oxygens (including phenoxy) is 1. The summed E-state index contributed by atoms with van der Waals surface area (Å²) in [4.78, 5) is 38.8. The van der Waals surface area contributed by atoms with Crippen LogP contribution >= 0.6 is 34.8 Å². The Labute approximate surface area is 209 Å². The molecule has 1 heterocycles. The van der Waals surface area contributed by atoms with Crippen molar-refractivity contribution in [3.63, 3.8) is 0 Å². The molecule has 1 fully saturated rings. The molecule has 0 radical (unpaired) electrons. The lowest BCUT2D eigenvalue weighted by Crippen LogP contribution is -2.54. The number of nitrogens with one attached hydrogen (secondary N) is 1. The lowest BCUT2D eigenvalue weighted by molar-refractivity contribution is -0.122. The monoisotopic (exact) mass is 516 g/mol. The molecule has 10 heteroatoms. The van der Waals surface area contributed by atoms with E-state index in [1.54, 1.807) is 24.3 Å². The smallest absolute Gasteiger partial charge is 0.335 e. The zero-order valence-electron chi connectivity index (χ0n) is 17.2. The minimum absolute atomic E-state index is 0.0469. The highest BCUT2D eigenvalue weighted by Crippen LogP contribution is 2.35. The van der Waals surface area contributed by atoms with Crippen LogP contribution in [0.4, 0.5) is 10.5 Å². The molecule has 34 heavy (non-hydrogen) atoms. The number of nitrogens with zero attached hydrogens (tertiary/aromatic N) is 1. The van der Waals surface area contributed by atoms with Gasteiger partial charge < -0.3 is 9.84 Å². The highest BCUT2D eigenvalue weighted by Gasteiger charge is 2.37. The molecule has 0 atom stereocenters. The van der Waals surface area contributed by atoms with Gasteiger partial charge in [-0.3, -0.25) is 14.9 Å². The summed E-state index contributed by atoms with van der Waals surface area (Å²) in [6, 6.07) is 14.5. The second-order valence-electron chi connectivity index (χ2n) is 7.16. The SMILES string of the molecule is O=C1NC(=O)N(c2ccc(O)cc2)C(=O)/C1=C/c1cc(Cl)cc(Cl)c1OCc1ccccc1Cl. The molecule has 3 aromatic rings. The van der Waals surface area contributed by atoms with Crippen molar-refractivity contribution in [1.29, 1.82) is 0 Å². The summed E-state index contributed by atoms with van der Waals surface area (Å²) >= 11 is 18.7. The molecule has 172 valence electrons. The number of rotatable bonds is 5. The largest absolute Gasteiger partial charge is 0.508 e. The molecule has 1 saturated heterocycles. The number of hydrogen-bond donors (Lipinski definition) is 2. The summed E-state index contributed by atoms with van der Waals surface area (Å²) in [7, 11) is 0. The van der Waals surface area contributed by atoms with E-state index in [1.165, 1.54) is 42.5 Å². The molecule has 0 aliphatic carbocycles. The molecule has 7 nitrogen and oxygen atoms in total. The molecule has 0 spiro atoms. The number of imide groups is 2. The number of carbonyl (C=O) groups is 3. The molecule has 1 aliphatic heterocycles. The zero-order valence-corrected chi connectivity index (χ0v) is 19.5. The molecule has 4 rings (SSSR count). The summed E-state index contributed by atoms with van der Waals surface area (Å²) < 4.78 is 5.88.